The summed E-state index contributed by atoms with van der Waals surface area (Å²) in [6.45, 7) is 0.114. The summed E-state index contributed by atoms with van der Waals surface area (Å²) in [6, 6.07) is 9.27. The normalized spacial score (nSPS) is 10.0. The van der Waals surface area contributed by atoms with Gasteiger partial charge in [0, 0.05) is 23.9 Å². The Morgan fingerprint density at radius 2 is 1.74 bits per heavy atom. The van der Waals surface area contributed by atoms with Crippen LogP contribution in [0.2, 0.25) is 0 Å². The van der Waals surface area contributed by atoms with Crippen molar-refractivity contribution in [1.29, 1.82) is 5.26 Å². The van der Waals surface area contributed by atoms with Gasteiger partial charge in [-0.1, -0.05) is 6.07 Å². The largest absolute Gasteiger partial charge is 0.381 e. The molecular weight excluding hydrogens is 253 g/mol. The van der Waals surface area contributed by atoms with Gasteiger partial charge in [0.25, 0.3) is 0 Å². The number of hydrogen-bond acceptors (Lipinski definition) is 2. The maximum Gasteiger partial charge on any atom is 0.160 e. The molecule has 0 bridgehead atoms. The molecule has 0 fully saturated rings. The van der Waals surface area contributed by atoms with Gasteiger partial charge in [0.05, 0.1) is 11.6 Å². The lowest BCUT2D eigenvalue weighted by Crippen LogP contribution is -2.02. The molecule has 0 radical (unpaired) electrons. The van der Waals surface area contributed by atoms with E-state index in [2.05, 4.69) is 5.32 Å². The zero-order chi connectivity index (χ0) is 13.8. The third-order valence-corrected chi connectivity index (χ3v) is 2.58. The number of nitrogens with one attached hydrogen (secondary N) is 1. The van der Waals surface area contributed by atoms with E-state index < -0.39 is 17.5 Å². The molecule has 1 N–H and O–H groups in total. The van der Waals surface area contributed by atoms with E-state index in [1.807, 2.05) is 6.07 Å². The first kappa shape index (κ1) is 13.0. The Morgan fingerprint density at radius 1 is 0.947 bits per heavy atom. The Morgan fingerprint density at radius 3 is 2.37 bits per heavy atom. The van der Waals surface area contributed by atoms with Crippen LogP contribution in [-0.4, -0.2) is 0 Å². The van der Waals surface area contributed by atoms with Gasteiger partial charge in [-0.25, -0.2) is 13.2 Å². The summed E-state index contributed by atoms with van der Waals surface area (Å²) in [4.78, 5) is 0. The highest BCUT2D eigenvalue weighted by molar-refractivity contribution is 5.44. The van der Waals surface area contributed by atoms with Crippen LogP contribution in [0.5, 0.6) is 0 Å². The first-order valence-electron chi connectivity index (χ1n) is 5.47. The predicted molar refractivity (Wildman–Crippen MR) is 64.8 cm³/mol. The molecule has 96 valence electrons. The molecule has 0 spiro atoms. The van der Waals surface area contributed by atoms with Crippen LogP contribution in [0.1, 0.15) is 11.1 Å². The minimum absolute atomic E-state index is 0.114. The minimum atomic E-state index is -0.967. The molecule has 0 saturated heterocycles. The predicted octanol–water partition coefficient (Wildman–Crippen LogP) is 3.59. The molecule has 0 aromatic heterocycles. The average Bonchev–Trinajstić information content (AvgIpc) is 2.41. The summed E-state index contributed by atoms with van der Waals surface area (Å²) in [5.41, 5.74) is 0.917. The van der Waals surface area contributed by atoms with Crippen molar-refractivity contribution in [2.75, 3.05) is 5.32 Å². The summed E-state index contributed by atoms with van der Waals surface area (Å²) in [7, 11) is 0. The molecule has 0 saturated carbocycles. The smallest absolute Gasteiger partial charge is 0.160 e. The second-order valence-corrected chi connectivity index (χ2v) is 3.90. The second-order valence-electron chi connectivity index (χ2n) is 3.90. The summed E-state index contributed by atoms with van der Waals surface area (Å²) in [5.74, 6) is -2.42. The van der Waals surface area contributed by atoms with E-state index >= 15 is 0 Å². The molecule has 2 aromatic carbocycles. The Bertz CT molecular complexity index is 648. The number of rotatable bonds is 3. The van der Waals surface area contributed by atoms with Crippen molar-refractivity contribution >= 4 is 5.69 Å². The lowest BCUT2D eigenvalue weighted by Gasteiger charge is -2.08. The zero-order valence-corrected chi connectivity index (χ0v) is 9.75. The van der Waals surface area contributed by atoms with Gasteiger partial charge in [0.2, 0.25) is 0 Å². The number of anilines is 1. The fourth-order valence-electron chi connectivity index (χ4n) is 1.56. The topological polar surface area (TPSA) is 35.8 Å². The van der Waals surface area contributed by atoms with Crippen LogP contribution < -0.4 is 5.32 Å². The molecule has 0 atom stereocenters. The molecule has 2 aromatic rings. The van der Waals surface area contributed by atoms with Crippen LogP contribution >= 0.6 is 0 Å². The molecule has 0 amide bonds. The number of nitrogens with zero attached hydrogens (tertiary/aromatic N) is 1. The van der Waals surface area contributed by atoms with Gasteiger partial charge >= 0.3 is 0 Å². The number of nitriles is 1. The lowest BCUT2D eigenvalue weighted by atomic mass is 10.1. The van der Waals surface area contributed by atoms with Gasteiger partial charge in [-0.15, -0.1) is 0 Å². The summed E-state index contributed by atoms with van der Waals surface area (Å²) in [5, 5.41) is 11.4. The number of benzene rings is 2. The molecule has 5 heteroatoms. The van der Waals surface area contributed by atoms with Crippen molar-refractivity contribution in [3.05, 3.63) is 65.0 Å². The van der Waals surface area contributed by atoms with Crippen LogP contribution in [0.3, 0.4) is 0 Å². The van der Waals surface area contributed by atoms with Crippen LogP contribution in [0, 0.1) is 28.8 Å². The van der Waals surface area contributed by atoms with Crippen molar-refractivity contribution in [3.8, 4) is 6.07 Å². The quantitative estimate of drug-likeness (QED) is 0.917. The maximum atomic E-state index is 13.6. The molecule has 2 rings (SSSR count). The first-order chi connectivity index (χ1) is 9.10. The first-order valence-corrected chi connectivity index (χ1v) is 5.47. The van der Waals surface area contributed by atoms with E-state index in [1.54, 1.807) is 0 Å². The van der Waals surface area contributed by atoms with E-state index in [4.69, 9.17) is 5.26 Å². The van der Waals surface area contributed by atoms with E-state index in [1.165, 1.54) is 18.2 Å². The monoisotopic (exact) mass is 262 g/mol. The molecule has 0 aliphatic rings. The highest BCUT2D eigenvalue weighted by atomic mass is 19.2. The van der Waals surface area contributed by atoms with Gasteiger partial charge in [-0.3, -0.25) is 0 Å². The van der Waals surface area contributed by atoms with Gasteiger partial charge < -0.3 is 5.32 Å². The van der Waals surface area contributed by atoms with Crippen molar-refractivity contribution in [2.24, 2.45) is 0 Å². The fraction of sp³-hybridized carbons (Fsp3) is 0.0714. The molecule has 0 heterocycles. The Hall–Kier alpha value is -2.48. The summed E-state index contributed by atoms with van der Waals surface area (Å²) in [6.07, 6.45) is 0. The van der Waals surface area contributed by atoms with Crippen LogP contribution in [0.4, 0.5) is 18.9 Å². The van der Waals surface area contributed by atoms with Crippen LogP contribution in [-0.2, 0) is 6.54 Å². The SMILES string of the molecule is N#Cc1ccc(CNc2ccc(F)c(F)c2)c(F)c1. The molecule has 2 nitrogen and oxygen atoms in total. The Kier molecular flexibility index (Phi) is 3.71. The van der Waals surface area contributed by atoms with E-state index in [9.17, 15) is 13.2 Å². The van der Waals surface area contributed by atoms with Gasteiger partial charge in [-0.2, -0.15) is 5.26 Å². The maximum absolute atomic E-state index is 13.6. The van der Waals surface area contributed by atoms with E-state index in [0.29, 0.717) is 11.3 Å². The van der Waals surface area contributed by atoms with E-state index in [-0.39, 0.29) is 12.1 Å². The van der Waals surface area contributed by atoms with Gasteiger partial charge in [0.15, 0.2) is 11.6 Å². The fourth-order valence-corrected chi connectivity index (χ4v) is 1.56. The van der Waals surface area contributed by atoms with E-state index in [0.717, 1.165) is 18.2 Å². The molecular formula is C14H9F3N2. The Balaban J connectivity index is 2.10. The summed E-state index contributed by atoms with van der Waals surface area (Å²) >= 11 is 0. The molecule has 19 heavy (non-hydrogen) atoms. The third-order valence-electron chi connectivity index (χ3n) is 2.58. The Labute approximate surface area is 108 Å². The summed E-state index contributed by atoms with van der Waals surface area (Å²) < 4.78 is 39.2. The molecule has 0 aliphatic heterocycles. The van der Waals surface area contributed by atoms with Crippen molar-refractivity contribution in [1.82, 2.24) is 0 Å². The highest BCUT2D eigenvalue weighted by Crippen LogP contribution is 2.16. The average molecular weight is 262 g/mol. The standard InChI is InChI=1S/C14H9F3N2/c15-12-4-3-11(6-14(12)17)19-8-10-2-1-9(7-18)5-13(10)16/h1-6,19H,8H2. The highest BCUT2D eigenvalue weighted by Gasteiger charge is 2.05. The van der Waals surface area contributed by atoms with Gasteiger partial charge in [-0.05, 0) is 24.3 Å². The van der Waals surface area contributed by atoms with Gasteiger partial charge in [0.1, 0.15) is 5.82 Å². The van der Waals surface area contributed by atoms with Crippen molar-refractivity contribution in [3.63, 3.8) is 0 Å². The molecule has 0 aliphatic carbocycles. The minimum Gasteiger partial charge on any atom is -0.381 e. The number of halogens is 3. The van der Waals surface area contributed by atoms with Crippen LogP contribution in [0.25, 0.3) is 0 Å². The van der Waals surface area contributed by atoms with Crippen molar-refractivity contribution < 1.29 is 13.2 Å². The second kappa shape index (κ2) is 5.44. The number of hydrogen-bond donors (Lipinski definition) is 1. The third kappa shape index (κ3) is 3.05. The molecule has 0 unspecified atom stereocenters. The lowest BCUT2D eigenvalue weighted by molar-refractivity contribution is 0.509. The van der Waals surface area contributed by atoms with Crippen molar-refractivity contribution in [2.45, 2.75) is 6.54 Å². The zero-order valence-electron chi connectivity index (χ0n) is 9.75. The van der Waals surface area contributed by atoms with Crippen LogP contribution in [0.15, 0.2) is 36.4 Å².